The van der Waals surface area contributed by atoms with Crippen molar-refractivity contribution >= 4 is 17.3 Å². The summed E-state index contributed by atoms with van der Waals surface area (Å²) in [5.41, 5.74) is 8.56. The number of anilines is 1. The maximum Gasteiger partial charge on any atom is 0.0638 e. The zero-order chi connectivity index (χ0) is 10.7. The van der Waals surface area contributed by atoms with Gasteiger partial charge in [0.05, 0.1) is 10.7 Å². The molecule has 2 nitrogen and oxygen atoms in total. The van der Waals surface area contributed by atoms with Gasteiger partial charge in [-0.1, -0.05) is 23.7 Å². The first kappa shape index (κ1) is 9.99. The van der Waals surface area contributed by atoms with Crippen LogP contribution in [0.25, 0.3) is 0 Å². The van der Waals surface area contributed by atoms with E-state index in [4.69, 9.17) is 17.3 Å². The van der Waals surface area contributed by atoms with Crippen molar-refractivity contribution in [1.29, 1.82) is 0 Å². The van der Waals surface area contributed by atoms with Crippen molar-refractivity contribution in [2.75, 3.05) is 5.73 Å². The van der Waals surface area contributed by atoms with Crippen molar-refractivity contribution in [2.24, 2.45) is 0 Å². The molecule has 2 aromatic rings. The first-order chi connectivity index (χ1) is 7.25. The highest BCUT2D eigenvalue weighted by Crippen LogP contribution is 2.21. The van der Waals surface area contributed by atoms with Crippen molar-refractivity contribution in [3.05, 3.63) is 58.9 Å². The molecule has 1 heterocycles. The Bertz CT molecular complexity index is 454. The van der Waals surface area contributed by atoms with Crippen LogP contribution in [0.4, 0.5) is 5.69 Å². The summed E-state index contributed by atoms with van der Waals surface area (Å²) in [6.45, 7) is 0. The zero-order valence-electron chi connectivity index (χ0n) is 8.15. The van der Waals surface area contributed by atoms with Crippen LogP contribution >= 0.6 is 11.6 Å². The molecule has 0 radical (unpaired) electrons. The monoisotopic (exact) mass is 218 g/mol. The van der Waals surface area contributed by atoms with Gasteiger partial charge in [0.1, 0.15) is 0 Å². The first-order valence-corrected chi connectivity index (χ1v) is 5.06. The number of nitrogens with two attached hydrogens (primary N) is 1. The molecule has 0 aliphatic carbocycles. The normalized spacial score (nSPS) is 10.2. The number of nitrogen functional groups attached to an aromatic ring is 1. The smallest absolute Gasteiger partial charge is 0.0638 e. The van der Waals surface area contributed by atoms with E-state index in [2.05, 4.69) is 4.98 Å². The number of pyridine rings is 1. The maximum absolute atomic E-state index is 5.94. The lowest BCUT2D eigenvalue weighted by molar-refractivity contribution is 1.15. The average Bonchev–Trinajstić information content (AvgIpc) is 2.25. The molecule has 2 rings (SSSR count). The molecular weight excluding hydrogens is 208 g/mol. The van der Waals surface area contributed by atoms with Crippen molar-refractivity contribution in [3.8, 4) is 0 Å². The minimum Gasteiger partial charge on any atom is -0.398 e. The van der Waals surface area contributed by atoms with E-state index in [9.17, 15) is 0 Å². The fourth-order valence-electron chi connectivity index (χ4n) is 1.42. The van der Waals surface area contributed by atoms with Gasteiger partial charge in [-0.15, -0.1) is 0 Å². The van der Waals surface area contributed by atoms with Gasteiger partial charge in [-0.3, -0.25) is 4.98 Å². The Morgan fingerprint density at radius 1 is 1.20 bits per heavy atom. The number of nitrogens with zero attached hydrogens (tertiary/aromatic N) is 1. The van der Waals surface area contributed by atoms with E-state index < -0.39 is 0 Å². The van der Waals surface area contributed by atoms with E-state index in [1.54, 1.807) is 6.20 Å². The minimum atomic E-state index is 0.608. The van der Waals surface area contributed by atoms with Gasteiger partial charge >= 0.3 is 0 Å². The molecule has 0 saturated heterocycles. The third-order valence-electron chi connectivity index (χ3n) is 2.20. The fraction of sp³-hybridized carbons (Fsp3) is 0.0833. The lowest BCUT2D eigenvalue weighted by Crippen LogP contribution is -1.91. The van der Waals surface area contributed by atoms with E-state index in [0.29, 0.717) is 10.7 Å². The number of aromatic nitrogens is 1. The lowest BCUT2D eigenvalue weighted by atomic mass is 10.1. The van der Waals surface area contributed by atoms with E-state index in [-0.39, 0.29) is 0 Å². The summed E-state index contributed by atoms with van der Waals surface area (Å²) in [7, 11) is 0. The van der Waals surface area contributed by atoms with Gasteiger partial charge in [0.2, 0.25) is 0 Å². The molecule has 3 heteroatoms. The van der Waals surface area contributed by atoms with Crippen LogP contribution in [0.3, 0.4) is 0 Å². The van der Waals surface area contributed by atoms with Gasteiger partial charge in [0.15, 0.2) is 0 Å². The van der Waals surface area contributed by atoms with Crippen LogP contribution < -0.4 is 5.73 Å². The largest absolute Gasteiger partial charge is 0.398 e. The molecule has 0 fully saturated rings. The third-order valence-corrected chi connectivity index (χ3v) is 2.52. The summed E-state index contributed by atoms with van der Waals surface area (Å²) >= 11 is 5.94. The fourth-order valence-corrected chi connectivity index (χ4v) is 1.62. The SMILES string of the molecule is Nc1ccc(Cc2cccnc2)cc1Cl. The molecule has 76 valence electrons. The average molecular weight is 219 g/mol. The molecule has 1 aromatic heterocycles. The summed E-state index contributed by atoms with van der Waals surface area (Å²) in [4.78, 5) is 4.06. The molecule has 0 atom stereocenters. The summed E-state index contributed by atoms with van der Waals surface area (Å²) in [5, 5.41) is 0.608. The van der Waals surface area contributed by atoms with Gasteiger partial charge in [-0.05, 0) is 35.7 Å². The molecule has 0 bridgehead atoms. The highest BCUT2D eigenvalue weighted by molar-refractivity contribution is 6.33. The summed E-state index contributed by atoms with van der Waals surface area (Å²) in [5.74, 6) is 0. The molecule has 2 N–H and O–H groups in total. The van der Waals surface area contributed by atoms with Crippen LogP contribution in [-0.2, 0) is 6.42 Å². The highest BCUT2D eigenvalue weighted by atomic mass is 35.5. The van der Waals surface area contributed by atoms with Crippen molar-refractivity contribution in [2.45, 2.75) is 6.42 Å². The van der Waals surface area contributed by atoms with Gasteiger partial charge in [-0.2, -0.15) is 0 Å². The van der Waals surface area contributed by atoms with Crippen LogP contribution in [0.5, 0.6) is 0 Å². The second-order valence-corrected chi connectivity index (χ2v) is 3.80. The summed E-state index contributed by atoms with van der Waals surface area (Å²) < 4.78 is 0. The van der Waals surface area contributed by atoms with Crippen LogP contribution in [0, 0.1) is 0 Å². The Morgan fingerprint density at radius 2 is 2.07 bits per heavy atom. The molecular formula is C12H11ClN2. The predicted molar refractivity (Wildman–Crippen MR) is 62.9 cm³/mol. The van der Waals surface area contributed by atoms with Crippen molar-refractivity contribution in [3.63, 3.8) is 0 Å². The second-order valence-electron chi connectivity index (χ2n) is 3.39. The molecule has 15 heavy (non-hydrogen) atoms. The molecule has 0 unspecified atom stereocenters. The van der Waals surface area contributed by atoms with E-state index in [1.165, 1.54) is 5.56 Å². The summed E-state index contributed by atoms with van der Waals surface area (Å²) in [6, 6.07) is 9.66. The second kappa shape index (κ2) is 4.32. The molecule has 0 spiro atoms. The molecule has 0 aliphatic rings. The van der Waals surface area contributed by atoms with Crippen LogP contribution in [0.2, 0.25) is 5.02 Å². The Balaban J connectivity index is 2.22. The van der Waals surface area contributed by atoms with Gasteiger partial charge < -0.3 is 5.73 Å². The van der Waals surface area contributed by atoms with Crippen molar-refractivity contribution < 1.29 is 0 Å². The van der Waals surface area contributed by atoms with Crippen LogP contribution in [0.15, 0.2) is 42.7 Å². The lowest BCUT2D eigenvalue weighted by Gasteiger charge is -2.03. The highest BCUT2D eigenvalue weighted by Gasteiger charge is 1.99. The van der Waals surface area contributed by atoms with Crippen LogP contribution in [0.1, 0.15) is 11.1 Å². The number of hydrogen-bond donors (Lipinski definition) is 1. The Hall–Kier alpha value is -1.54. The van der Waals surface area contributed by atoms with Crippen molar-refractivity contribution in [1.82, 2.24) is 4.98 Å². The molecule has 0 aliphatic heterocycles. The Morgan fingerprint density at radius 3 is 2.73 bits per heavy atom. The number of hydrogen-bond acceptors (Lipinski definition) is 2. The van der Waals surface area contributed by atoms with Gasteiger partial charge in [-0.25, -0.2) is 0 Å². The van der Waals surface area contributed by atoms with E-state index >= 15 is 0 Å². The molecule has 0 saturated carbocycles. The quantitative estimate of drug-likeness (QED) is 0.788. The Kier molecular flexibility index (Phi) is 2.88. The number of benzene rings is 1. The molecule has 1 aromatic carbocycles. The van der Waals surface area contributed by atoms with Crippen LogP contribution in [-0.4, -0.2) is 4.98 Å². The van der Waals surface area contributed by atoms with E-state index in [1.807, 2.05) is 36.5 Å². The zero-order valence-corrected chi connectivity index (χ0v) is 8.91. The van der Waals surface area contributed by atoms with E-state index in [0.717, 1.165) is 12.0 Å². The molecule has 0 amide bonds. The maximum atomic E-state index is 5.94. The Labute approximate surface area is 93.7 Å². The predicted octanol–water partition coefficient (Wildman–Crippen LogP) is 2.91. The standard InChI is InChI=1S/C12H11ClN2/c13-11-7-9(3-4-12(11)14)6-10-2-1-5-15-8-10/h1-5,7-8H,6,14H2. The number of halogens is 1. The van der Waals surface area contributed by atoms with Gasteiger partial charge in [0.25, 0.3) is 0 Å². The van der Waals surface area contributed by atoms with Gasteiger partial charge in [0, 0.05) is 12.4 Å². The minimum absolute atomic E-state index is 0.608. The third kappa shape index (κ3) is 2.48. The topological polar surface area (TPSA) is 38.9 Å². The number of rotatable bonds is 2. The first-order valence-electron chi connectivity index (χ1n) is 4.68. The summed E-state index contributed by atoms with van der Waals surface area (Å²) in [6.07, 6.45) is 4.44.